The molecule has 3 heteroatoms. The van der Waals surface area contributed by atoms with Gasteiger partial charge in [-0.25, -0.2) is 0 Å². The lowest BCUT2D eigenvalue weighted by Crippen LogP contribution is -2.18. The van der Waals surface area contributed by atoms with E-state index in [0.717, 1.165) is 12.1 Å². The van der Waals surface area contributed by atoms with Crippen LogP contribution >= 0.6 is 0 Å². The Morgan fingerprint density at radius 3 is 2.71 bits per heavy atom. The van der Waals surface area contributed by atoms with E-state index in [2.05, 4.69) is 24.5 Å². The van der Waals surface area contributed by atoms with E-state index in [-0.39, 0.29) is 6.04 Å². The van der Waals surface area contributed by atoms with Gasteiger partial charge in [0, 0.05) is 6.04 Å². The van der Waals surface area contributed by atoms with Crippen LogP contribution in [0.2, 0.25) is 0 Å². The molecular weight excluding hydrogens is 176 g/mol. The highest BCUT2D eigenvalue weighted by atomic mass is 16.6. The van der Waals surface area contributed by atoms with E-state index < -0.39 is 0 Å². The number of hydrogen-bond acceptors (Lipinski definition) is 3. The van der Waals surface area contributed by atoms with Gasteiger partial charge in [-0.1, -0.05) is 6.07 Å². The molecule has 1 aromatic carbocycles. The Kier molecular flexibility index (Phi) is 3.92. The zero-order valence-corrected chi connectivity index (χ0v) is 9.00. The standard InChI is InChI=1S/C11H18N2O/c1-8-6-11(13-14-3)5-4-10(8)7-9(2)12/h4-6,9,13H,7,12H2,1-3H3. The van der Waals surface area contributed by atoms with Crippen LogP contribution in [0.1, 0.15) is 18.1 Å². The molecule has 0 aliphatic heterocycles. The first kappa shape index (κ1) is 11.0. The Balaban J connectivity index is 2.79. The van der Waals surface area contributed by atoms with E-state index in [1.54, 1.807) is 7.11 Å². The van der Waals surface area contributed by atoms with Crippen molar-refractivity contribution in [1.82, 2.24) is 0 Å². The minimum atomic E-state index is 0.204. The fourth-order valence-corrected chi connectivity index (χ4v) is 1.45. The molecule has 0 saturated heterocycles. The minimum absolute atomic E-state index is 0.204. The van der Waals surface area contributed by atoms with Crippen molar-refractivity contribution in [2.45, 2.75) is 26.3 Å². The molecule has 0 fully saturated rings. The Morgan fingerprint density at radius 1 is 1.50 bits per heavy atom. The lowest BCUT2D eigenvalue weighted by molar-refractivity contribution is 0.271. The van der Waals surface area contributed by atoms with Crippen molar-refractivity contribution >= 4 is 5.69 Å². The van der Waals surface area contributed by atoms with Crippen LogP contribution in [0.5, 0.6) is 0 Å². The zero-order chi connectivity index (χ0) is 10.6. The van der Waals surface area contributed by atoms with Gasteiger partial charge in [0.25, 0.3) is 0 Å². The molecule has 1 unspecified atom stereocenters. The summed E-state index contributed by atoms with van der Waals surface area (Å²) in [6.07, 6.45) is 0.916. The number of nitrogens with two attached hydrogens (primary N) is 1. The number of rotatable bonds is 4. The third kappa shape index (κ3) is 3.01. The van der Waals surface area contributed by atoms with Crippen LogP contribution in [0, 0.1) is 6.92 Å². The van der Waals surface area contributed by atoms with Gasteiger partial charge in [0.05, 0.1) is 12.8 Å². The molecule has 1 rings (SSSR count). The van der Waals surface area contributed by atoms with Gasteiger partial charge >= 0.3 is 0 Å². The molecule has 3 nitrogen and oxygen atoms in total. The van der Waals surface area contributed by atoms with Gasteiger partial charge in [-0.3, -0.25) is 10.3 Å². The van der Waals surface area contributed by atoms with Crippen molar-refractivity contribution < 1.29 is 4.84 Å². The third-order valence-electron chi connectivity index (χ3n) is 2.10. The van der Waals surface area contributed by atoms with Crippen molar-refractivity contribution in [2.24, 2.45) is 5.73 Å². The Hall–Kier alpha value is -1.06. The van der Waals surface area contributed by atoms with Gasteiger partial charge in [0.2, 0.25) is 0 Å². The molecule has 0 spiro atoms. The maximum absolute atomic E-state index is 5.75. The second-order valence-corrected chi connectivity index (χ2v) is 3.63. The quantitative estimate of drug-likeness (QED) is 0.719. The molecule has 0 aliphatic carbocycles. The normalized spacial score (nSPS) is 12.6. The minimum Gasteiger partial charge on any atom is -0.328 e. The maximum Gasteiger partial charge on any atom is 0.0636 e. The molecule has 14 heavy (non-hydrogen) atoms. The zero-order valence-electron chi connectivity index (χ0n) is 9.00. The summed E-state index contributed by atoms with van der Waals surface area (Å²) in [6.45, 7) is 4.10. The van der Waals surface area contributed by atoms with Gasteiger partial charge in [0.1, 0.15) is 0 Å². The molecule has 0 amide bonds. The summed E-state index contributed by atoms with van der Waals surface area (Å²) in [6, 6.07) is 6.34. The number of nitrogens with one attached hydrogen (secondary N) is 1. The lowest BCUT2D eigenvalue weighted by Gasteiger charge is -2.10. The summed E-state index contributed by atoms with van der Waals surface area (Å²) in [7, 11) is 1.60. The number of benzene rings is 1. The summed E-state index contributed by atoms with van der Waals surface area (Å²) in [4.78, 5) is 4.83. The van der Waals surface area contributed by atoms with E-state index in [1.165, 1.54) is 11.1 Å². The second-order valence-electron chi connectivity index (χ2n) is 3.63. The summed E-state index contributed by atoms with van der Waals surface area (Å²) in [5.74, 6) is 0. The molecule has 0 saturated carbocycles. The Labute approximate surface area is 85.2 Å². The van der Waals surface area contributed by atoms with Crippen LogP contribution in [-0.4, -0.2) is 13.2 Å². The van der Waals surface area contributed by atoms with E-state index in [9.17, 15) is 0 Å². The Morgan fingerprint density at radius 2 is 2.21 bits per heavy atom. The van der Waals surface area contributed by atoms with Crippen LogP contribution in [0.25, 0.3) is 0 Å². The van der Waals surface area contributed by atoms with Gasteiger partial charge in [-0.05, 0) is 43.5 Å². The number of aryl methyl sites for hydroxylation is 1. The van der Waals surface area contributed by atoms with Crippen molar-refractivity contribution in [3.05, 3.63) is 29.3 Å². The molecule has 0 heterocycles. The highest BCUT2D eigenvalue weighted by Crippen LogP contribution is 2.16. The van der Waals surface area contributed by atoms with E-state index in [4.69, 9.17) is 10.6 Å². The molecule has 78 valence electrons. The predicted molar refractivity (Wildman–Crippen MR) is 59.2 cm³/mol. The van der Waals surface area contributed by atoms with Crippen molar-refractivity contribution in [2.75, 3.05) is 12.6 Å². The predicted octanol–water partition coefficient (Wildman–Crippen LogP) is 1.86. The molecule has 1 atom stereocenters. The Bertz CT molecular complexity index is 297. The molecule has 0 radical (unpaired) electrons. The molecule has 3 N–H and O–H groups in total. The number of anilines is 1. The highest BCUT2D eigenvalue weighted by Gasteiger charge is 2.02. The summed E-state index contributed by atoms with van der Waals surface area (Å²) in [5.41, 5.74) is 12.1. The van der Waals surface area contributed by atoms with Gasteiger partial charge < -0.3 is 5.73 Å². The average Bonchev–Trinajstić information content (AvgIpc) is 2.10. The van der Waals surface area contributed by atoms with Crippen LogP contribution in [0.15, 0.2) is 18.2 Å². The second kappa shape index (κ2) is 4.98. The maximum atomic E-state index is 5.75. The number of hydrogen-bond donors (Lipinski definition) is 2. The van der Waals surface area contributed by atoms with Crippen LogP contribution in [0.3, 0.4) is 0 Å². The van der Waals surface area contributed by atoms with Gasteiger partial charge in [0.15, 0.2) is 0 Å². The molecule has 1 aromatic rings. The lowest BCUT2D eigenvalue weighted by atomic mass is 10.0. The van der Waals surface area contributed by atoms with Crippen molar-refractivity contribution in [3.63, 3.8) is 0 Å². The molecular formula is C11H18N2O. The van der Waals surface area contributed by atoms with Crippen LogP contribution < -0.4 is 11.2 Å². The largest absolute Gasteiger partial charge is 0.328 e. The van der Waals surface area contributed by atoms with Crippen molar-refractivity contribution in [1.29, 1.82) is 0 Å². The fraction of sp³-hybridized carbons (Fsp3) is 0.455. The summed E-state index contributed by atoms with van der Waals surface area (Å²) in [5, 5.41) is 0. The molecule has 0 bridgehead atoms. The first-order valence-electron chi connectivity index (χ1n) is 4.77. The SMILES string of the molecule is CONc1ccc(CC(C)N)c(C)c1. The fourth-order valence-electron chi connectivity index (χ4n) is 1.45. The summed E-state index contributed by atoms with van der Waals surface area (Å²) < 4.78 is 0. The topological polar surface area (TPSA) is 47.3 Å². The van der Waals surface area contributed by atoms with E-state index >= 15 is 0 Å². The van der Waals surface area contributed by atoms with Crippen LogP contribution in [0.4, 0.5) is 5.69 Å². The van der Waals surface area contributed by atoms with Gasteiger partial charge in [-0.15, -0.1) is 0 Å². The highest BCUT2D eigenvalue weighted by molar-refractivity contribution is 5.47. The molecule has 0 aromatic heterocycles. The molecule has 0 aliphatic rings. The summed E-state index contributed by atoms with van der Waals surface area (Å²) >= 11 is 0. The third-order valence-corrected chi connectivity index (χ3v) is 2.10. The van der Waals surface area contributed by atoms with Gasteiger partial charge in [-0.2, -0.15) is 0 Å². The smallest absolute Gasteiger partial charge is 0.0636 e. The van der Waals surface area contributed by atoms with Crippen molar-refractivity contribution in [3.8, 4) is 0 Å². The monoisotopic (exact) mass is 194 g/mol. The van der Waals surface area contributed by atoms with E-state index in [0.29, 0.717) is 0 Å². The first-order chi connectivity index (χ1) is 6.63. The average molecular weight is 194 g/mol. The van der Waals surface area contributed by atoms with E-state index in [1.807, 2.05) is 13.0 Å². The van der Waals surface area contributed by atoms with Crippen LogP contribution in [-0.2, 0) is 11.3 Å². The first-order valence-corrected chi connectivity index (χ1v) is 4.77.